The Labute approximate surface area is 104 Å². The lowest BCUT2D eigenvalue weighted by Gasteiger charge is -2.24. The molecular formula is C14H23NO2. The van der Waals surface area contributed by atoms with Gasteiger partial charge in [-0.05, 0) is 37.2 Å². The van der Waals surface area contributed by atoms with Crippen LogP contribution in [0.4, 0.5) is 0 Å². The maximum Gasteiger partial charge on any atom is 0.122 e. The summed E-state index contributed by atoms with van der Waals surface area (Å²) in [7, 11) is 5.64. The first-order chi connectivity index (χ1) is 8.01. The molecule has 0 aliphatic heterocycles. The van der Waals surface area contributed by atoms with Gasteiger partial charge in [-0.25, -0.2) is 0 Å². The third-order valence-corrected chi connectivity index (χ3v) is 3.06. The van der Waals surface area contributed by atoms with Crippen LogP contribution in [0.3, 0.4) is 0 Å². The zero-order valence-electron chi connectivity index (χ0n) is 11.4. The highest BCUT2D eigenvalue weighted by molar-refractivity contribution is 5.40. The zero-order valence-corrected chi connectivity index (χ0v) is 11.4. The van der Waals surface area contributed by atoms with Crippen LogP contribution in [0.1, 0.15) is 36.9 Å². The Balaban J connectivity index is 3.15. The third-order valence-electron chi connectivity index (χ3n) is 3.06. The summed E-state index contributed by atoms with van der Waals surface area (Å²) in [6.07, 6.45) is 0. The molecule has 96 valence electrons. The molecule has 0 bridgehead atoms. The van der Waals surface area contributed by atoms with Crippen LogP contribution in [0.25, 0.3) is 0 Å². The van der Waals surface area contributed by atoms with Gasteiger partial charge in [0, 0.05) is 0 Å². The molecule has 17 heavy (non-hydrogen) atoms. The fourth-order valence-electron chi connectivity index (χ4n) is 1.98. The first-order valence-electron chi connectivity index (χ1n) is 5.96. The molecule has 0 aliphatic carbocycles. The highest BCUT2D eigenvalue weighted by Crippen LogP contribution is 2.30. The number of rotatable bonds is 5. The Morgan fingerprint density at radius 1 is 1.29 bits per heavy atom. The summed E-state index contributed by atoms with van der Waals surface area (Å²) in [5, 5.41) is 9.43. The fourth-order valence-corrected chi connectivity index (χ4v) is 1.98. The van der Waals surface area contributed by atoms with Gasteiger partial charge in [0.2, 0.25) is 0 Å². The number of hydrogen-bond acceptors (Lipinski definition) is 3. The van der Waals surface area contributed by atoms with E-state index < -0.39 is 0 Å². The Bertz CT molecular complexity index is 361. The number of benzene rings is 1. The molecule has 0 heterocycles. The number of methoxy groups -OCH3 is 1. The lowest BCUT2D eigenvalue weighted by atomic mass is 9.96. The van der Waals surface area contributed by atoms with Gasteiger partial charge in [0.1, 0.15) is 5.75 Å². The van der Waals surface area contributed by atoms with Gasteiger partial charge in [-0.15, -0.1) is 0 Å². The number of hydrogen-bond donors (Lipinski definition) is 1. The molecule has 0 amide bonds. The molecule has 1 atom stereocenters. The predicted octanol–water partition coefficient (Wildman–Crippen LogP) is 2.41. The van der Waals surface area contributed by atoms with Gasteiger partial charge in [0.25, 0.3) is 0 Å². The van der Waals surface area contributed by atoms with E-state index in [1.54, 1.807) is 7.11 Å². The highest BCUT2D eigenvalue weighted by Gasteiger charge is 2.16. The van der Waals surface area contributed by atoms with Crippen molar-refractivity contribution in [3.8, 4) is 5.75 Å². The van der Waals surface area contributed by atoms with Gasteiger partial charge in [-0.1, -0.05) is 26.0 Å². The van der Waals surface area contributed by atoms with Gasteiger partial charge in [0.15, 0.2) is 0 Å². The molecule has 0 fully saturated rings. The molecule has 1 rings (SSSR count). The van der Waals surface area contributed by atoms with Gasteiger partial charge >= 0.3 is 0 Å². The second kappa shape index (κ2) is 6.03. The lowest BCUT2D eigenvalue weighted by molar-refractivity contribution is 0.170. The van der Waals surface area contributed by atoms with Crippen molar-refractivity contribution in [1.29, 1.82) is 0 Å². The quantitative estimate of drug-likeness (QED) is 0.853. The molecule has 0 aliphatic rings. The van der Waals surface area contributed by atoms with Crippen LogP contribution < -0.4 is 4.74 Å². The summed E-state index contributed by atoms with van der Waals surface area (Å²) < 4.78 is 5.36. The van der Waals surface area contributed by atoms with Crippen LogP contribution >= 0.6 is 0 Å². The summed E-state index contributed by atoms with van der Waals surface area (Å²) in [5.41, 5.74) is 2.31. The van der Waals surface area contributed by atoms with Crippen molar-refractivity contribution in [2.45, 2.75) is 25.8 Å². The topological polar surface area (TPSA) is 32.7 Å². The summed E-state index contributed by atoms with van der Waals surface area (Å²) in [4.78, 5) is 2.02. The molecule has 0 radical (unpaired) electrons. The predicted molar refractivity (Wildman–Crippen MR) is 70.6 cm³/mol. The minimum Gasteiger partial charge on any atom is -0.496 e. The number of ether oxygens (including phenoxy) is 1. The Kier molecular flexibility index (Phi) is 4.97. The largest absolute Gasteiger partial charge is 0.496 e. The van der Waals surface area contributed by atoms with E-state index in [0.29, 0.717) is 5.92 Å². The molecule has 1 unspecified atom stereocenters. The van der Waals surface area contributed by atoms with E-state index in [1.165, 1.54) is 5.56 Å². The third kappa shape index (κ3) is 3.20. The molecule has 0 spiro atoms. The van der Waals surface area contributed by atoms with Crippen molar-refractivity contribution in [2.24, 2.45) is 0 Å². The second-order valence-electron chi connectivity index (χ2n) is 4.82. The molecule has 0 aromatic heterocycles. The first-order valence-corrected chi connectivity index (χ1v) is 5.96. The molecule has 0 saturated carbocycles. The van der Waals surface area contributed by atoms with Crippen molar-refractivity contribution in [2.75, 3.05) is 27.8 Å². The monoisotopic (exact) mass is 237 g/mol. The number of likely N-dealkylation sites (N-methyl/N-ethyl adjacent to an activating group) is 1. The van der Waals surface area contributed by atoms with Crippen LogP contribution in [0.2, 0.25) is 0 Å². The van der Waals surface area contributed by atoms with Crippen molar-refractivity contribution < 1.29 is 9.84 Å². The van der Waals surface area contributed by atoms with Crippen LogP contribution in [0.15, 0.2) is 18.2 Å². The summed E-state index contributed by atoms with van der Waals surface area (Å²) in [6, 6.07) is 6.17. The zero-order chi connectivity index (χ0) is 13.0. The SMILES string of the molecule is COc1ccc(C(CO)N(C)C)cc1C(C)C. The molecule has 1 aromatic rings. The Hall–Kier alpha value is -1.06. The van der Waals surface area contributed by atoms with Gasteiger partial charge in [-0.2, -0.15) is 0 Å². The van der Waals surface area contributed by atoms with Gasteiger partial charge in [0.05, 0.1) is 19.8 Å². The molecule has 1 aromatic carbocycles. The van der Waals surface area contributed by atoms with E-state index in [-0.39, 0.29) is 12.6 Å². The molecule has 1 N–H and O–H groups in total. The normalized spacial score (nSPS) is 13.2. The average molecular weight is 237 g/mol. The fraction of sp³-hybridized carbons (Fsp3) is 0.571. The van der Waals surface area contributed by atoms with Crippen molar-refractivity contribution in [3.63, 3.8) is 0 Å². The summed E-state index contributed by atoms with van der Waals surface area (Å²) in [5.74, 6) is 1.32. The van der Waals surface area contributed by atoms with Crippen molar-refractivity contribution in [3.05, 3.63) is 29.3 Å². The minimum absolute atomic E-state index is 0.0402. The van der Waals surface area contributed by atoms with Crippen LogP contribution in [-0.4, -0.2) is 37.8 Å². The van der Waals surface area contributed by atoms with E-state index in [9.17, 15) is 5.11 Å². The molecule has 3 nitrogen and oxygen atoms in total. The molecular weight excluding hydrogens is 214 g/mol. The molecule has 0 saturated heterocycles. The van der Waals surface area contributed by atoms with E-state index >= 15 is 0 Å². The number of aliphatic hydroxyl groups is 1. The standard InChI is InChI=1S/C14H23NO2/c1-10(2)12-8-11(6-7-14(12)17-5)13(9-16)15(3)4/h6-8,10,13,16H,9H2,1-5H3. The minimum atomic E-state index is 0.0402. The lowest BCUT2D eigenvalue weighted by Crippen LogP contribution is -2.23. The van der Waals surface area contributed by atoms with E-state index in [2.05, 4.69) is 19.9 Å². The smallest absolute Gasteiger partial charge is 0.122 e. The van der Waals surface area contributed by atoms with Crippen molar-refractivity contribution in [1.82, 2.24) is 4.90 Å². The van der Waals surface area contributed by atoms with Crippen LogP contribution in [0, 0.1) is 0 Å². The van der Waals surface area contributed by atoms with E-state index in [4.69, 9.17) is 4.74 Å². The average Bonchev–Trinajstić information content (AvgIpc) is 2.29. The van der Waals surface area contributed by atoms with E-state index in [1.807, 2.05) is 31.1 Å². The maximum atomic E-state index is 9.43. The summed E-state index contributed by atoms with van der Waals surface area (Å²) >= 11 is 0. The maximum absolute atomic E-state index is 9.43. The number of aliphatic hydroxyl groups excluding tert-OH is 1. The van der Waals surface area contributed by atoms with E-state index in [0.717, 1.165) is 11.3 Å². The number of nitrogens with zero attached hydrogens (tertiary/aromatic N) is 1. The first kappa shape index (κ1) is 14.0. The Morgan fingerprint density at radius 2 is 1.94 bits per heavy atom. The van der Waals surface area contributed by atoms with Crippen LogP contribution in [-0.2, 0) is 0 Å². The Morgan fingerprint density at radius 3 is 2.35 bits per heavy atom. The van der Waals surface area contributed by atoms with Crippen molar-refractivity contribution >= 4 is 0 Å². The molecule has 3 heteroatoms. The van der Waals surface area contributed by atoms with Gasteiger partial charge < -0.3 is 14.7 Å². The van der Waals surface area contributed by atoms with Crippen LogP contribution in [0.5, 0.6) is 5.75 Å². The highest BCUT2D eigenvalue weighted by atomic mass is 16.5. The summed E-state index contributed by atoms with van der Waals surface area (Å²) in [6.45, 7) is 4.41. The van der Waals surface area contributed by atoms with Gasteiger partial charge in [-0.3, -0.25) is 0 Å². The second-order valence-corrected chi connectivity index (χ2v) is 4.82.